The maximum atomic E-state index is 12.4. The molecule has 0 unspecified atom stereocenters. The molecule has 1 aliphatic rings. The topological polar surface area (TPSA) is 75.0 Å². The Morgan fingerprint density at radius 1 is 1.18 bits per heavy atom. The molecule has 2 heterocycles. The molecule has 1 aromatic carbocycles. The second kappa shape index (κ2) is 9.12. The molecule has 1 N–H and O–H groups in total. The Labute approximate surface area is 169 Å². The van der Waals surface area contributed by atoms with Gasteiger partial charge in [0, 0.05) is 44.2 Å². The van der Waals surface area contributed by atoms with Gasteiger partial charge in [0.25, 0.3) is 5.91 Å². The van der Waals surface area contributed by atoms with Gasteiger partial charge in [-0.1, -0.05) is 11.6 Å². The summed E-state index contributed by atoms with van der Waals surface area (Å²) in [4.78, 5) is 28.6. The van der Waals surface area contributed by atoms with Crippen LogP contribution in [-0.4, -0.2) is 61.4 Å². The van der Waals surface area contributed by atoms with Gasteiger partial charge in [-0.15, -0.1) is 0 Å². The molecular weight excluding hydrogens is 382 g/mol. The zero-order valence-corrected chi connectivity index (χ0v) is 16.8. The Morgan fingerprint density at radius 2 is 1.93 bits per heavy atom. The molecule has 0 bridgehead atoms. The van der Waals surface area contributed by atoms with Crippen LogP contribution >= 0.6 is 11.6 Å². The minimum atomic E-state index is -0.106. The molecule has 1 saturated heterocycles. The fourth-order valence-corrected chi connectivity index (χ4v) is 3.30. The quantitative estimate of drug-likeness (QED) is 0.799. The second-order valence-electron chi connectivity index (χ2n) is 6.69. The first-order valence-electron chi connectivity index (χ1n) is 9.17. The van der Waals surface area contributed by atoms with Crippen molar-refractivity contribution >= 4 is 29.1 Å². The number of benzene rings is 1. The van der Waals surface area contributed by atoms with E-state index < -0.39 is 0 Å². The number of anilines is 1. The molecule has 0 atom stereocenters. The molecule has 1 aliphatic heterocycles. The van der Waals surface area contributed by atoms with Gasteiger partial charge in [0.1, 0.15) is 11.5 Å². The van der Waals surface area contributed by atoms with Crippen molar-refractivity contribution in [3.63, 3.8) is 0 Å². The number of rotatable bonds is 6. The molecule has 0 radical (unpaired) electrons. The van der Waals surface area contributed by atoms with E-state index in [9.17, 15) is 9.59 Å². The van der Waals surface area contributed by atoms with E-state index in [1.54, 1.807) is 42.3 Å². The molecule has 3 rings (SSSR count). The van der Waals surface area contributed by atoms with Gasteiger partial charge < -0.3 is 19.4 Å². The normalized spacial score (nSPS) is 14.8. The average Bonchev–Trinajstić information content (AvgIpc) is 3.13. The smallest absolute Gasteiger partial charge is 0.289 e. The van der Waals surface area contributed by atoms with E-state index in [1.807, 2.05) is 6.92 Å². The minimum absolute atomic E-state index is 0.0847. The Hall–Kier alpha value is -2.51. The summed E-state index contributed by atoms with van der Waals surface area (Å²) in [6.45, 7) is 5.11. The molecule has 1 aromatic heterocycles. The molecular formula is C20H24ClN3O4. The number of methoxy groups -OCH3 is 1. The fourth-order valence-electron chi connectivity index (χ4n) is 3.13. The number of furan rings is 1. The first-order valence-corrected chi connectivity index (χ1v) is 9.55. The molecule has 28 heavy (non-hydrogen) atoms. The Morgan fingerprint density at radius 3 is 2.57 bits per heavy atom. The molecule has 2 amide bonds. The zero-order chi connectivity index (χ0) is 20.1. The highest BCUT2D eigenvalue weighted by Crippen LogP contribution is 2.27. The minimum Gasteiger partial charge on any atom is -0.495 e. The second-order valence-corrected chi connectivity index (χ2v) is 7.12. The van der Waals surface area contributed by atoms with Crippen molar-refractivity contribution in [2.24, 2.45) is 0 Å². The number of halogens is 1. The number of carbonyl (C=O) groups excluding carboxylic acids is 2. The summed E-state index contributed by atoms with van der Waals surface area (Å²) < 4.78 is 10.6. The maximum absolute atomic E-state index is 12.4. The van der Waals surface area contributed by atoms with Crippen LogP contribution in [0.15, 0.2) is 34.7 Å². The highest BCUT2D eigenvalue weighted by atomic mass is 35.5. The number of hydrogen-bond acceptors (Lipinski definition) is 5. The first-order chi connectivity index (χ1) is 13.5. The summed E-state index contributed by atoms with van der Waals surface area (Å²) in [6, 6.07) is 8.59. The van der Waals surface area contributed by atoms with E-state index in [0.29, 0.717) is 48.3 Å². The third kappa shape index (κ3) is 5.05. The summed E-state index contributed by atoms with van der Waals surface area (Å²) >= 11 is 5.99. The number of hydrogen-bond donors (Lipinski definition) is 1. The van der Waals surface area contributed by atoms with Crippen LogP contribution in [-0.2, 0) is 4.79 Å². The van der Waals surface area contributed by atoms with Crippen molar-refractivity contribution in [1.29, 1.82) is 0 Å². The Balaban J connectivity index is 1.44. The lowest BCUT2D eigenvalue weighted by atomic mass is 10.2. The lowest BCUT2D eigenvalue weighted by molar-refractivity contribution is -0.116. The van der Waals surface area contributed by atoms with Gasteiger partial charge in [0.15, 0.2) is 5.76 Å². The molecule has 0 spiro atoms. The van der Waals surface area contributed by atoms with Crippen molar-refractivity contribution in [2.45, 2.75) is 13.3 Å². The SMILES string of the molecule is COc1ccc(Cl)cc1NC(=O)CCN1CCN(C(=O)c2ccc(C)o2)CC1. The van der Waals surface area contributed by atoms with Crippen LogP contribution in [0.3, 0.4) is 0 Å². The number of amides is 2. The maximum Gasteiger partial charge on any atom is 0.289 e. The molecule has 0 saturated carbocycles. The number of ether oxygens (including phenoxy) is 1. The zero-order valence-electron chi connectivity index (χ0n) is 16.0. The number of carbonyl (C=O) groups is 2. The van der Waals surface area contributed by atoms with Gasteiger partial charge in [-0.3, -0.25) is 14.5 Å². The third-order valence-corrected chi connectivity index (χ3v) is 4.94. The number of piperazine rings is 1. The van der Waals surface area contributed by atoms with Crippen LogP contribution in [0.4, 0.5) is 5.69 Å². The van der Waals surface area contributed by atoms with Gasteiger partial charge in [-0.05, 0) is 37.3 Å². The summed E-state index contributed by atoms with van der Waals surface area (Å²) in [5.41, 5.74) is 0.559. The lowest BCUT2D eigenvalue weighted by Gasteiger charge is -2.34. The Bertz CT molecular complexity index is 844. The molecule has 7 nitrogen and oxygen atoms in total. The van der Waals surface area contributed by atoms with Gasteiger partial charge in [0.2, 0.25) is 5.91 Å². The first kappa shape index (κ1) is 20.2. The Kier molecular flexibility index (Phi) is 6.59. The average molecular weight is 406 g/mol. The van der Waals surface area contributed by atoms with Crippen LogP contribution in [0.1, 0.15) is 22.7 Å². The largest absolute Gasteiger partial charge is 0.495 e. The molecule has 0 aliphatic carbocycles. The number of nitrogens with zero attached hydrogens (tertiary/aromatic N) is 2. The van der Waals surface area contributed by atoms with Crippen molar-refractivity contribution in [3.8, 4) is 5.75 Å². The third-order valence-electron chi connectivity index (χ3n) is 4.70. The van der Waals surface area contributed by atoms with Crippen LogP contribution in [0.2, 0.25) is 5.02 Å². The summed E-state index contributed by atoms with van der Waals surface area (Å²) in [5.74, 6) is 1.48. The van der Waals surface area contributed by atoms with Crippen molar-refractivity contribution in [1.82, 2.24) is 9.80 Å². The van der Waals surface area contributed by atoms with Crippen LogP contribution in [0.25, 0.3) is 0 Å². The molecule has 1 fully saturated rings. The van der Waals surface area contributed by atoms with E-state index in [1.165, 1.54) is 0 Å². The van der Waals surface area contributed by atoms with E-state index in [-0.39, 0.29) is 11.8 Å². The fraction of sp³-hybridized carbons (Fsp3) is 0.400. The van der Waals surface area contributed by atoms with E-state index in [4.69, 9.17) is 20.8 Å². The van der Waals surface area contributed by atoms with Crippen molar-refractivity contribution < 1.29 is 18.7 Å². The predicted octanol–water partition coefficient (Wildman–Crippen LogP) is 3.04. The highest BCUT2D eigenvalue weighted by molar-refractivity contribution is 6.31. The summed E-state index contributed by atoms with van der Waals surface area (Å²) in [6.07, 6.45) is 0.348. The van der Waals surface area contributed by atoms with Crippen LogP contribution < -0.4 is 10.1 Å². The molecule has 150 valence electrons. The van der Waals surface area contributed by atoms with Crippen LogP contribution in [0.5, 0.6) is 5.75 Å². The van der Waals surface area contributed by atoms with Gasteiger partial charge in [0.05, 0.1) is 12.8 Å². The van der Waals surface area contributed by atoms with Gasteiger partial charge in [-0.2, -0.15) is 0 Å². The van der Waals surface area contributed by atoms with E-state index in [2.05, 4.69) is 10.2 Å². The van der Waals surface area contributed by atoms with Gasteiger partial charge >= 0.3 is 0 Å². The molecule has 8 heteroatoms. The monoisotopic (exact) mass is 405 g/mol. The van der Waals surface area contributed by atoms with Crippen molar-refractivity contribution in [2.75, 3.05) is 45.2 Å². The van der Waals surface area contributed by atoms with Gasteiger partial charge in [-0.25, -0.2) is 0 Å². The summed E-state index contributed by atoms with van der Waals surface area (Å²) in [7, 11) is 1.55. The highest BCUT2D eigenvalue weighted by Gasteiger charge is 2.24. The lowest BCUT2D eigenvalue weighted by Crippen LogP contribution is -2.49. The standard InChI is InChI=1S/C20H24ClN3O4/c1-14-3-5-18(28-14)20(26)24-11-9-23(10-12-24)8-7-19(25)22-16-13-15(21)4-6-17(16)27-2/h3-6,13H,7-12H2,1-2H3,(H,22,25). The molecule has 2 aromatic rings. The van der Waals surface area contributed by atoms with E-state index >= 15 is 0 Å². The summed E-state index contributed by atoms with van der Waals surface area (Å²) in [5, 5.41) is 3.37. The number of aryl methyl sites for hydroxylation is 1. The van der Waals surface area contributed by atoms with E-state index in [0.717, 1.165) is 18.8 Å². The van der Waals surface area contributed by atoms with Crippen LogP contribution in [0, 0.1) is 6.92 Å². The number of nitrogens with one attached hydrogen (secondary N) is 1. The van der Waals surface area contributed by atoms with Crippen molar-refractivity contribution in [3.05, 3.63) is 46.9 Å². The predicted molar refractivity (Wildman–Crippen MR) is 107 cm³/mol.